The van der Waals surface area contributed by atoms with Crippen LogP contribution in [0.2, 0.25) is 0 Å². The first-order valence-electron chi connectivity index (χ1n) is 5.09. The molecule has 1 aliphatic rings. The molecule has 1 aliphatic heterocycles. The molecular formula is C10H17N3O. The van der Waals surface area contributed by atoms with Crippen LogP contribution in [0.3, 0.4) is 0 Å². The fourth-order valence-electron chi connectivity index (χ4n) is 1.72. The summed E-state index contributed by atoms with van der Waals surface area (Å²) in [6.07, 6.45) is 0.955. The Labute approximate surface area is 84.0 Å². The molecule has 0 amide bonds. The summed E-state index contributed by atoms with van der Waals surface area (Å²) in [5.74, 6) is 0. The number of aryl methyl sites for hydroxylation is 1. The largest absolute Gasteiger partial charge is 0.379 e. The molecule has 4 nitrogen and oxygen atoms in total. The Kier molecular flexibility index (Phi) is 2.84. The lowest BCUT2D eigenvalue weighted by Crippen LogP contribution is -2.42. The fraction of sp³-hybridized carbons (Fsp3) is 0.700. The number of rotatable bonds is 2. The molecule has 2 rings (SSSR count). The standard InChI is InChI=1S/C10H17N3O/c1-7-8(2)12-13-10(7)5-9-6-14-4-3-11-9/h9,11H,3-6H2,1-2H3,(H,12,13). The molecule has 0 saturated carbocycles. The van der Waals surface area contributed by atoms with Gasteiger partial charge in [0.2, 0.25) is 0 Å². The van der Waals surface area contributed by atoms with E-state index < -0.39 is 0 Å². The Hall–Kier alpha value is -0.870. The summed E-state index contributed by atoms with van der Waals surface area (Å²) in [6, 6.07) is 0.421. The first-order chi connectivity index (χ1) is 6.77. The first-order valence-corrected chi connectivity index (χ1v) is 5.09. The summed E-state index contributed by atoms with van der Waals surface area (Å²) in [4.78, 5) is 0. The van der Waals surface area contributed by atoms with E-state index in [2.05, 4.69) is 29.4 Å². The molecule has 4 heteroatoms. The van der Waals surface area contributed by atoms with Gasteiger partial charge in [0.05, 0.1) is 18.9 Å². The van der Waals surface area contributed by atoms with E-state index in [-0.39, 0.29) is 0 Å². The van der Waals surface area contributed by atoms with Gasteiger partial charge in [0, 0.05) is 24.7 Å². The summed E-state index contributed by atoms with van der Waals surface area (Å²) < 4.78 is 5.40. The molecule has 2 N–H and O–H groups in total. The molecule has 0 radical (unpaired) electrons. The summed E-state index contributed by atoms with van der Waals surface area (Å²) in [7, 11) is 0. The van der Waals surface area contributed by atoms with Gasteiger partial charge in [-0.25, -0.2) is 0 Å². The molecule has 14 heavy (non-hydrogen) atoms. The van der Waals surface area contributed by atoms with Crippen LogP contribution in [0.15, 0.2) is 0 Å². The molecule has 0 aliphatic carbocycles. The smallest absolute Gasteiger partial charge is 0.0670 e. The van der Waals surface area contributed by atoms with Crippen LogP contribution in [0, 0.1) is 13.8 Å². The second kappa shape index (κ2) is 4.11. The average Bonchev–Trinajstić information content (AvgIpc) is 2.52. The van der Waals surface area contributed by atoms with E-state index in [9.17, 15) is 0 Å². The zero-order chi connectivity index (χ0) is 9.97. The van der Waals surface area contributed by atoms with Crippen LogP contribution < -0.4 is 5.32 Å². The van der Waals surface area contributed by atoms with Gasteiger partial charge in [-0.3, -0.25) is 5.10 Å². The maximum atomic E-state index is 5.40. The molecule has 1 aromatic heterocycles. The molecule has 0 aromatic carbocycles. The van der Waals surface area contributed by atoms with E-state index in [0.29, 0.717) is 6.04 Å². The van der Waals surface area contributed by atoms with Crippen LogP contribution in [0.5, 0.6) is 0 Å². The minimum absolute atomic E-state index is 0.421. The zero-order valence-electron chi connectivity index (χ0n) is 8.76. The minimum atomic E-state index is 0.421. The molecule has 1 aromatic rings. The van der Waals surface area contributed by atoms with Crippen LogP contribution in [0.25, 0.3) is 0 Å². The molecule has 78 valence electrons. The molecule has 1 fully saturated rings. The molecule has 1 atom stereocenters. The highest BCUT2D eigenvalue weighted by Gasteiger charge is 2.16. The molecule has 1 saturated heterocycles. The Bertz CT molecular complexity index is 302. The van der Waals surface area contributed by atoms with Crippen molar-refractivity contribution in [2.45, 2.75) is 26.3 Å². The van der Waals surface area contributed by atoms with Crippen molar-refractivity contribution in [3.05, 3.63) is 17.0 Å². The van der Waals surface area contributed by atoms with Gasteiger partial charge in [0.1, 0.15) is 0 Å². The molecule has 0 spiro atoms. The van der Waals surface area contributed by atoms with Crippen LogP contribution in [0.4, 0.5) is 0 Å². The van der Waals surface area contributed by atoms with Crippen molar-refractivity contribution in [3.63, 3.8) is 0 Å². The highest BCUT2D eigenvalue weighted by atomic mass is 16.5. The normalized spacial score (nSPS) is 22.6. The Morgan fingerprint density at radius 1 is 1.50 bits per heavy atom. The van der Waals surface area contributed by atoms with E-state index >= 15 is 0 Å². The van der Waals surface area contributed by atoms with Gasteiger partial charge in [-0.05, 0) is 19.4 Å². The first kappa shape index (κ1) is 9.68. The predicted molar refractivity (Wildman–Crippen MR) is 54.4 cm³/mol. The number of morpholine rings is 1. The van der Waals surface area contributed by atoms with E-state index in [0.717, 1.165) is 37.6 Å². The molecule has 2 heterocycles. The SMILES string of the molecule is Cc1[nH]nc(CC2COCCN2)c1C. The lowest BCUT2D eigenvalue weighted by atomic mass is 10.1. The van der Waals surface area contributed by atoms with Crippen molar-refractivity contribution >= 4 is 0 Å². The summed E-state index contributed by atoms with van der Waals surface area (Å²) in [6.45, 7) is 6.74. The molecular weight excluding hydrogens is 178 g/mol. The zero-order valence-corrected chi connectivity index (χ0v) is 8.76. The second-order valence-electron chi connectivity index (χ2n) is 3.85. The van der Waals surface area contributed by atoms with Crippen LogP contribution >= 0.6 is 0 Å². The van der Waals surface area contributed by atoms with Gasteiger partial charge in [-0.15, -0.1) is 0 Å². The number of nitrogens with zero attached hydrogens (tertiary/aromatic N) is 1. The number of aromatic nitrogens is 2. The monoisotopic (exact) mass is 195 g/mol. The lowest BCUT2D eigenvalue weighted by molar-refractivity contribution is 0.0767. The third kappa shape index (κ3) is 1.96. The maximum absolute atomic E-state index is 5.40. The Morgan fingerprint density at radius 2 is 2.36 bits per heavy atom. The van der Waals surface area contributed by atoms with E-state index in [1.165, 1.54) is 5.56 Å². The van der Waals surface area contributed by atoms with Gasteiger partial charge in [0.15, 0.2) is 0 Å². The average molecular weight is 195 g/mol. The van der Waals surface area contributed by atoms with E-state index in [1.54, 1.807) is 0 Å². The topological polar surface area (TPSA) is 49.9 Å². The van der Waals surface area contributed by atoms with Crippen molar-refractivity contribution in [1.82, 2.24) is 15.5 Å². The van der Waals surface area contributed by atoms with E-state index in [4.69, 9.17) is 4.74 Å². The maximum Gasteiger partial charge on any atom is 0.0670 e. The van der Waals surface area contributed by atoms with Crippen molar-refractivity contribution in [2.75, 3.05) is 19.8 Å². The fourth-order valence-corrected chi connectivity index (χ4v) is 1.72. The van der Waals surface area contributed by atoms with Gasteiger partial charge in [-0.1, -0.05) is 0 Å². The molecule has 0 bridgehead atoms. The summed E-state index contributed by atoms with van der Waals surface area (Å²) in [5, 5.41) is 10.7. The number of H-pyrrole nitrogens is 1. The predicted octanol–water partition coefficient (Wildman–Crippen LogP) is 0.557. The quantitative estimate of drug-likeness (QED) is 0.725. The van der Waals surface area contributed by atoms with Gasteiger partial charge in [-0.2, -0.15) is 5.10 Å². The van der Waals surface area contributed by atoms with Crippen molar-refractivity contribution in [1.29, 1.82) is 0 Å². The number of aromatic amines is 1. The Morgan fingerprint density at radius 3 is 2.93 bits per heavy atom. The number of ether oxygens (including phenoxy) is 1. The highest BCUT2D eigenvalue weighted by molar-refractivity contribution is 5.23. The van der Waals surface area contributed by atoms with Gasteiger partial charge < -0.3 is 10.1 Å². The van der Waals surface area contributed by atoms with Gasteiger partial charge in [0.25, 0.3) is 0 Å². The second-order valence-corrected chi connectivity index (χ2v) is 3.85. The number of hydrogen-bond donors (Lipinski definition) is 2. The van der Waals surface area contributed by atoms with Crippen molar-refractivity contribution < 1.29 is 4.74 Å². The van der Waals surface area contributed by atoms with E-state index in [1.807, 2.05) is 0 Å². The van der Waals surface area contributed by atoms with Crippen molar-refractivity contribution in [3.8, 4) is 0 Å². The Balaban J connectivity index is 1.99. The summed E-state index contributed by atoms with van der Waals surface area (Å²) in [5.41, 5.74) is 3.60. The minimum Gasteiger partial charge on any atom is -0.379 e. The van der Waals surface area contributed by atoms with Gasteiger partial charge >= 0.3 is 0 Å². The number of nitrogens with one attached hydrogen (secondary N) is 2. The van der Waals surface area contributed by atoms with Crippen LogP contribution in [0.1, 0.15) is 17.0 Å². The summed E-state index contributed by atoms with van der Waals surface area (Å²) >= 11 is 0. The highest BCUT2D eigenvalue weighted by Crippen LogP contribution is 2.11. The molecule has 1 unspecified atom stereocenters. The third-order valence-electron chi connectivity index (χ3n) is 2.79. The lowest BCUT2D eigenvalue weighted by Gasteiger charge is -2.23. The number of hydrogen-bond acceptors (Lipinski definition) is 3. The third-order valence-corrected chi connectivity index (χ3v) is 2.79. The van der Waals surface area contributed by atoms with Crippen LogP contribution in [-0.2, 0) is 11.2 Å². The van der Waals surface area contributed by atoms with Crippen LogP contribution in [-0.4, -0.2) is 36.0 Å². The van der Waals surface area contributed by atoms with Crippen molar-refractivity contribution in [2.24, 2.45) is 0 Å².